The van der Waals surface area contributed by atoms with Crippen molar-refractivity contribution in [2.75, 3.05) is 13.2 Å². The van der Waals surface area contributed by atoms with Gasteiger partial charge in [0.2, 0.25) is 0 Å². The van der Waals surface area contributed by atoms with Crippen LogP contribution >= 0.6 is 0 Å². The van der Waals surface area contributed by atoms with Crippen molar-refractivity contribution in [3.05, 3.63) is 12.7 Å². The molecule has 0 aliphatic heterocycles. The van der Waals surface area contributed by atoms with Crippen molar-refractivity contribution in [3.8, 4) is 0 Å². The number of ether oxygens (including phenoxy) is 2. The van der Waals surface area contributed by atoms with E-state index in [2.05, 4.69) is 6.58 Å². The van der Waals surface area contributed by atoms with E-state index in [4.69, 9.17) is 14.6 Å². The highest BCUT2D eigenvalue weighted by atomic mass is 16.5. The molecule has 112 valence electrons. The van der Waals surface area contributed by atoms with E-state index in [1.807, 2.05) is 0 Å². The van der Waals surface area contributed by atoms with Gasteiger partial charge in [0.05, 0.1) is 25.0 Å². The van der Waals surface area contributed by atoms with Gasteiger partial charge in [0.1, 0.15) is 0 Å². The Morgan fingerprint density at radius 1 is 1.10 bits per heavy atom. The molecule has 1 aliphatic rings. The van der Waals surface area contributed by atoms with Gasteiger partial charge < -0.3 is 14.6 Å². The van der Waals surface area contributed by atoms with E-state index in [1.54, 1.807) is 0 Å². The average molecular weight is 284 g/mol. The highest BCUT2D eigenvalue weighted by molar-refractivity contribution is 5.81. The van der Waals surface area contributed by atoms with E-state index >= 15 is 0 Å². The van der Waals surface area contributed by atoms with Crippen molar-refractivity contribution in [2.45, 2.75) is 32.1 Å². The Kier molecular flexibility index (Phi) is 6.76. The van der Waals surface area contributed by atoms with Crippen LogP contribution in [0.1, 0.15) is 32.1 Å². The summed E-state index contributed by atoms with van der Waals surface area (Å²) in [4.78, 5) is 33.7. The lowest BCUT2D eigenvalue weighted by molar-refractivity contribution is -0.160. The minimum atomic E-state index is -0.938. The quantitative estimate of drug-likeness (QED) is 0.433. The van der Waals surface area contributed by atoms with E-state index in [9.17, 15) is 14.4 Å². The van der Waals surface area contributed by atoms with Gasteiger partial charge in [-0.2, -0.15) is 0 Å². The molecule has 1 rings (SSSR count). The molecule has 0 spiro atoms. The van der Waals surface area contributed by atoms with Crippen LogP contribution in [0.5, 0.6) is 0 Å². The molecule has 0 amide bonds. The Bertz CT molecular complexity index is 376. The number of rotatable bonds is 7. The molecule has 1 fully saturated rings. The molecule has 0 aromatic heterocycles. The molecule has 2 atom stereocenters. The minimum Gasteiger partial charge on any atom is -0.481 e. The molecule has 0 radical (unpaired) electrons. The number of carbonyl (C=O) groups excluding carboxylic acids is 2. The van der Waals surface area contributed by atoms with Gasteiger partial charge in [-0.25, -0.2) is 4.79 Å². The summed E-state index contributed by atoms with van der Waals surface area (Å²) < 4.78 is 9.79. The maximum absolute atomic E-state index is 11.9. The fourth-order valence-electron chi connectivity index (χ4n) is 2.28. The second kappa shape index (κ2) is 8.35. The molecule has 0 aromatic rings. The molecule has 1 N–H and O–H groups in total. The standard InChI is InChI=1S/C14H20O6/c1-2-12(15)19-8-5-9-20-14(18)11-7-4-3-6-10(11)13(16)17/h2,10-11H,1,3-9H2,(H,16,17). The van der Waals surface area contributed by atoms with E-state index in [1.165, 1.54) is 0 Å². The molecule has 2 unspecified atom stereocenters. The lowest BCUT2D eigenvalue weighted by Gasteiger charge is -2.26. The van der Waals surface area contributed by atoms with Crippen molar-refractivity contribution in [3.63, 3.8) is 0 Å². The number of carboxylic acids is 1. The number of esters is 2. The van der Waals surface area contributed by atoms with Crippen LogP contribution in [-0.4, -0.2) is 36.2 Å². The van der Waals surface area contributed by atoms with Crippen LogP contribution in [0.15, 0.2) is 12.7 Å². The Hall–Kier alpha value is -1.85. The highest BCUT2D eigenvalue weighted by Gasteiger charge is 2.36. The Morgan fingerprint density at radius 3 is 2.30 bits per heavy atom. The number of hydrogen-bond donors (Lipinski definition) is 1. The molecule has 1 saturated carbocycles. The predicted octanol–water partition coefficient (Wildman–Crippen LogP) is 1.54. The summed E-state index contributed by atoms with van der Waals surface area (Å²) >= 11 is 0. The normalized spacial score (nSPS) is 21.8. The van der Waals surface area contributed by atoms with E-state index in [-0.39, 0.29) is 13.2 Å². The summed E-state index contributed by atoms with van der Waals surface area (Å²) in [6, 6.07) is 0. The van der Waals surface area contributed by atoms with Gasteiger partial charge in [-0.15, -0.1) is 0 Å². The predicted molar refractivity (Wildman–Crippen MR) is 69.8 cm³/mol. The van der Waals surface area contributed by atoms with Crippen molar-refractivity contribution >= 4 is 17.9 Å². The molecule has 0 bridgehead atoms. The van der Waals surface area contributed by atoms with Gasteiger partial charge in [0, 0.05) is 12.5 Å². The molecular formula is C14H20O6. The third-order valence-electron chi connectivity index (χ3n) is 3.33. The minimum absolute atomic E-state index is 0.117. The van der Waals surface area contributed by atoms with Gasteiger partial charge in [0.25, 0.3) is 0 Å². The summed E-state index contributed by atoms with van der Waals surface area (Å²) in [6.45, 7) is 3.52. The number of aliphatic carboxylic acids is 1. The van der Waals surface area contributed by atoms with E-state index in [0.29, 0.717) is 19.3 Å². The zero-order valence-corrected chi connectivity index (χ0v) is 11.4. The van der Waals surface area contributed by atoms with Crippen LogP contribution in [0.4, 0.5) is 0 Å². The number of carbonyl (C=O) groups is 3. The summed E-state index contributed by atoms with van der Waals surface area (Å²) in [7, 11) is 0. The van der Waals surface area contributed by atoms with Crippen LogP contribution in [0.2, 0.25) is 0 Å². The number of hydrogen-bond acceptors (Lipinski definition) is 5. The molecule has 0 saturated heterocycles. The smallest absolute Gasteiger partial charge is 0.330 e. The van der Waals surface area contributed by atoms with Crippen LogP contribution in [0.25, 0.3) is 0 Å². The first-order valence-electron chi connectivity index (χ1n) is 6.75. The molecule has 6 nitrogen and oxygen atoms in total. The van der Waals surface area contributed by atoms with Gasteiger partial charge >= 0.3 is 17.9 Å². The molecule has 1 aliphatic carbocycles. The molecule has 20 heavy (non-hydrogen) atoms. The summed E-state index contributed by atoms with van der Waals surface area (Å²) in [5.41, 5.74) is 0. The summed E-state index contributed by atoms with van der Waals surface area (Å²) in [5.74, 6) is -3.12. The molecule has 0 aromatic carbocycles. The maximum atomic E-state index is 11.9. The molecular weight excluding hydrogens is 264 g/mol. The first-order valence-corrected chi connectivity index (χ1v) is 6.75. The zero-order chi connectivity index (χ0) is 15.0. The second-order valence-corrected chi connectivity index (χ2v) is 4.73. The van der Waals surface area contributed by atoms with E-state index < -0.39 is 29.7 Å². The van der Waals surface area contributed by atoms with Crippen molar-refractivity contribution in [1.29, 1.82) is 0 Å². The van der Waals surface area contributed by atoms with Crippen molar-refractivity contribution in [2.24, 2.45) is 11.8 Å². The summed E-state index contributed by atoms with van der Waals surface area (Å²) in [5, 5.41) is 9.08. The fraction of sp³-hybridized carbons (Fsp3) is 0.643. The Morgan fingerprint density at radius 2 is 1.70 bits per heavy atom. The molecule has 0 heterocycles. The number of carboxylic acid groups (broad SMARTS) is 1. The average Bonchev–Trinajstić information content (AvgIpc) is 2.46. The van der Waals surface area contributed by atoms with Crippen LogP contribution < -0.4 is 0 Å². The van der Waals surface area contributed by atoms with Crippen LogP contribution in [0, 0.1) is 11.8 Å². The summed E-state index contributed by atoms with van der Waals surface area (Å²) in [6.07, 6.45) is 4.20. The zero-order valence-electron chi connectivity index (χ0n) is 11.4. The lowest BCUT2D eigenvalue weighted by atomic mass is 9.79. The Labute approximate surface area is 117 Å². The largest absolute Gasteiger partial charge is 0.481 e. The van der Waals surface area contributed by atoms with Crippen LogP contribution in [-0.2, 0) is 23.9 Å². The van der Waals surface area contributed by atoms with Crippen molar-refractivity contribution in [1.82, 2.24) is 0 Å². The topological polar surface area (TPSA) is 89.9 Å². The highest BCUT2D eigenvalue weighted by Crippen LogP contribution is 2.31. The first-order chi connectivity index (χ1) is 9.56. The van der Waals surface area contributed by atoms with E-state index in [0.717, 1.165) is 18.9 Å². The Balaban J connectivity index is 2.28. The van der Waals surface area contributed by atoms with Gasteiger partial charge in [-0.3, -0.25) is 9.59 Å². The SMILES string of the molecule is C=CC(=O)OCCCOC(=O)C1CCCCC1C(=O)O. The lowest BCUT2D eigenvalue weighted by Crippen LogP contribution is -2.34. The van der Waals surface area contributed by atoms with Gasteiger partial charge in [-0.1, -0.05) is 19.4 Å². The van der Waals surface area contributed by atoms with Crippen molar-refractivity contribution < 1.29 is 29.0 Å². The maximum Gasteiger partial charge on any atom is 0.330 e. The third-order valence-corrected chi connectivity index (χ3v) is 3.33. The molecule has 6 heteroatoms. The van der Waals surface area contributed by atoms with Gasteiger partial charge in [-0.05, 0) is 12.8 Å². The fourth-order valence-corrected chi connectivity index (χ4v) is 2.28. The van der Waals surface area contributed by atoms with Gasteiger partial charge in [0.15, 0.2) is 0 Å². The monoisotopic (exact) mass is 284 g/mol. The second-order valence-electron chi connectivity index (χ2n) is 4.73. The third kappa shape index (κ3) is 5.03. The van der Waals surface area contributed by atoms with Crippen LogP contribution in [0.3, 0.4) is 0 Å². The first kappa shape index (κ1) is 16.2.